The number of likely N-dealkylation sites (tertiary alicyclic amines) is 1. The van der Waals surface area contributed by atoms with Crippen LogP contribution in [0.2, 0.25) is 0 Å². The van der Waals surface area contributed by atoms with E-state index in [0.29, 0.717) is 17.8 Å². The third-order valence-electron chi connectivity index (χ3n) is 6.21. The molecule has 0 bridgehead atoms. The van der Waals surface area contributed by atoms with Crippen molar-refractivity contribution < 1.29 is 14.2 Å². The van der Waals surface area contributed by atoms with Crippen molar-refractivity contribution in [3.05, 3.63) is 23.9 Å². The summed E-state index contributed by atoms with van der Waals surface area (Å²) < 4.78 is 17.0. The molecule has 7 nitrogen and oxygen atoms in total. The number of hydrogen-bond donors (Lipinski definition) is 1. The van der Waals surface area contributed by atoms with Gasteiger partial charge in [-0.2, -0.15) is 0 Å². The molecule has 0 unspecified atom stereocenters. The highest BCUT2D eigenvalue weighted by Gasteiger charge is 2.40. The molecule has 7 heteroatoms. The fraction of sp³-hybridized carbons (Fsp3) is 0.714. The van der Waals surface area contributed by atoms with Crippen LogP contribution in [0.25, 0.3) is 0 Å². The van der Waals surface area contributed by atoms with Gasteiger partial charge in [0.05, 0.1) is 13.2 Å². The lowest BCUT2D eigenvalue weighted by molar-refractivity contribution is 0.0217. The Morgan fingerprint density at radius 2 is 2.04 bits per heavy atom. The van der Waals surface area contributed by atoms with Gasteiger partial charge in [-0.25, -0.2) is 4.98 Å². The minimum absolute atomic E-state index is 0.206. The highest BCUT2D eigenvalue weighted by Crippen LogP contribution is 2.39. The van der Waals surface area contributed by atoms with Gasteiger partial charge in [-0.15, -0.1) is 0 Å². The van der Waals surface area contributed by atoms with Crippen molar-refractivity contribution in [3.63, 3.8) is 0 Å². The van der Waals surface area contributed by atoms with Crippen LogP contribution in [-0.4, -0.2) is 68.5 Å². The standard InChI is InChI=1S/C21H32N4O3/c1-22-20(25-9-5-21(16-25)6-12-27-13-7-21)24-15-17-2-8-23-19(14-17)28-18-3-10-26-11-4-18/h2,8,14,18H,3-7,9-13,15-16H2,1H3,(H,22,24). The molecule has 3 aliphatic heterocycles. The molecule has 0 atom stereocenters. The quantitative estimate of drug-likeness (QED) is 0.630. The predicted molar refractivity (Wildman–Crippen MR) is 108 cm³/mol. The van der Waals surface area contributed by atoms with Crippen molar-refractivity contribution >= 4 is 5.96 Å². The molecule has 1 N–H and O–H groups in total. The summed E-state index contributed by atoms with van der Waals surface area (Å²) in [6.07, 6.45) is 7.45. The minimum atomic E-state index is 0.206. The zero-order valence-electron chi connectivity index (χ0n) is 16.9. The first-order valence-electron chi connectivity index (χ1n) is 10.5. The number of aromatic nitrogens is 1. The molecule has 4 heterocycles. The van der Waals surface area contributed by atoms with E-state index >= 15 is 0 Å². The lowest BCUT2D eigenvalue weighted by Crippen LogP contribution is -2.42. The number of ether oxygens (including phenoxy) is 3. The third-order valence-corrected chi connectivity index (χ3v) is 6.21. The largest absolute Gasteiger partial charge is 0.474 e. The summed E-state index contributed by atoms with van der Waals surface area (Å²) in [7, 11) is 1.86. The summed E-state index contributed by atoms with van der Waals surface area (Å²) in [5.74, 6) is 1.68. The number of hydrogen-bond acceptors (Lipinski definition) is 5. The summed E-state index contributed by atoms with van der Waals surface area (Å²) >= 11 is 0. The fourth-order valence-corrected chi connectivity index (χ4v) is 4.43. The maximum absolute atomic E-state index is 6.03. The lowest BCUT2D eigenvalue weighted by Gasteiger charge is -2.33. The Morgan fingerprint density at radius 3 is 2.82 bits per heavy atom. The molecule has 1 aromatic heterocycles. The monoisotopic (exact) mass is 388 g/mol. The SMILES string of the molecule is CN=C(NCc1ccnc(OC2CCOCC2)c1)N1CCC2(CCOCC2)C1. The molecule has 1 spiro atoms. The molecule has 0 saturated carbocycles. The van der Waals surface area contributed by atoms with E-state index in [9.17, 15) is 0 Å². The zero-order chi connectivity index (χ0) is 19.2. The first-order valence-corrected chi connectivity index (χ1v) is 10.5. The average Bonchev–Trinajstić information content (AvgIpc) is 3.13. The molecule has 4 rings (SSSR count). The second-order valence-electron chi connectivity index (χ2n) is 8.12. The average molecular weight is 389 g/mol. The van der Waals surface area contributed by atoms with E-state index in [1.54, 1.807) is 0 Å². The summed E-state index contributed by atoms with van der Waals surface area (Å²) in [4.78, 5) is 11.3. The van der Waals surface area contributed by atoms with Gasteiger partial charge >= 0.3 is 0 Å². The molecule has 1 aromatic rings. The van der Waals surface area contributed by atoms with Gasteiger partial charge in [0.15, 0.2) is 5.96 Å². The summed E-state index contributed by atoms with van der Waals surface area (Å²) in [5.41, 5.74) is 1.57. The molecule has 0 radical (unpaired) electrons. The van der Waals surface area contributed by atoms with E-state index < -0.39 is 0 Å². The Balaban J connectivity index is 1.31. The second kappa shape index (κ2) is 9.09. The van der Waals surface area contributed by atoms with Crippen molar-refractivity contribution in [2.75, 3.05) is 46.6 Å². The minimum Gasteiger partial charge on any atom is -0.474 e. The molecule has 28 heavy (non-hydrogen) atoms. The molecule has 0 amide bonds. The van der Waals surface area contributed by atoms with Crippen LogP contribution in [0.5, 0.6) is 5.88 Å². The highest BCUT2D eigenvalue weighted by atomic mass is 16.5. The number of pyridine rings is 1. The Kier molecular flexibility index (Phi) is 6.32. The van der Waals surface area contributed by atoms with Crippen molar-refractivity contribution in [1.82, 2.24) is 15.2 Å². The summed E-state index contributed by atoms with van der Waals surface area (Å²) in [6.45, 7) is 6.18. The van der Waals surface area contributed by atoms with Crippen LogP contribution in [0.1, 0.15) is 37.7 Å². The van der Waals surface area contributed by atoms with Gasteiger partial charge in [-0.3, -0.25) is 4.99 Å². The lowest BCUT2D eigenvalue weighted by atomic mass is 9.80. The van der Waals surface area contributed by atoms with E-state index in [1.165, 1.54) is 6.42 Å². The molecular formula is C21H32N4O3. The smallest absolute Gasteiger partial charge is 0.213 e. The molecule has 3 aliphatic rings. The molecular weight excluding hydrogens is 356 g/mol. The first kappa shape index (κ1) is 19.5. The van der Waals surface area contributed by atoms with Crippen LogP contribution in [0.3, 0.4) is 0 Å². The van der Waals surface area contributed by atoms with Crippen LogP contribution in [-0.2, 0) is 16.0 Å². The van der Waals surface area contributed by atoms with Crippen LogP contribution >= 0.6 is 0 Å². The van der Waals surface area contributed by atoms with Crippen LogP contribution in [0.4, 0.5) is 0 Å². The maximum Gasteiger partial charge on any atom is 0.213 e. The Labute approximate surface area is 167 Å². The molecule has 3 fully saturated rings. The van der Waals surface area contributed by atoms with Gasteiger partial charge in [0.25, 0.3) is 0 Å². The topological polar surface area (TPSA) is 68.2 Å². The van der Waals surface area contributed by atoms with Crippen LogP contribution < -0.4 is 10.1 Å². The predicted octanol–water partition coefficient (Wildman–Crippen LogP) is 2.22. The van der Waals surface area contributed by atoms with E-state index in [0.717, 1.165) is 76.7 Å². The molecule has 0 aliphatic carbocycles. The Morgan fingerprint density at radius 1 is 1.25 bits per heavy atom. The number of nitrogens with zero attached hydrogens (tertiary/aromatic N) is 3. The molecule has 0 aromatic carbocycles. The van der Waals surface area contributed by atoms with Crippen molar-refractivity contribution in [1.29, 1.82) is 0 Å². The van der Waals surface area contributed by atoms with Crippen LogP contribution in [0.15, 0.2) is 23.3 Å². The Hall–Kier alpha value is -1.86. The van der Waals surface area contributed by atoms with Gasteiger partial charge in [0.2, 0.25) is 5.88 Å². The number of rotatable bonds is 4. The number of guanidine groups is 1. The van der Waals surface area contributed by atoms with Crippen molar-refractivity contribution in [2.24, 2.45) is 10.4 Å². The van der Waals surface area contributed by atoms with Gasteiger partial charge in [-0.1, -0.05) is 0 Å². The van der Waals surface area contributed by atoms with Crippen molar-refractivity contribution in [3.8, 4) is 5.88 Å². The van der Waals surface area contributed by atoms with E-state index in [1.807, 2.05) is 25.4 Å². The summed E-state index contributed by atoms with van der Waals surface area (Å²) in [5, 5.41) is 3.52. The second-order valence-corrected chi connectivity index (χ2v) is 8.12. The van der Waals surface area contributed by atoms with Gasteiger partial charge in [0.1, 0.15) is 6.10 Å². The zero-order valence-corrected chi connectivity index (χ0v) is 16.9. The van der Waals surface area contributed by atoms with Gasteiger partial charge in [-0.05, 0) is 36.3 Å². The normalized spacial score (nSPS) is 23.2. The third kappa shape index (κ3) is 4.75. The van der Waals surface area contributed by atoms with E-state index in [-0.39, 0.29) is 6.10 Å². The van der Waals surface area contributed by atoms with Gasteiger partial charge < -0.3 is 24.4 Å². The van der Waals surface area contributed by atoms with E-state index in [2.05, 4.69) is 20.2 Å². The summed E-state index contributed by atoms with van der Waals surface area (Å²) in [6, 6.07) is 4.06. The molecule has 154 valence electrons. The maximum atomic E-state index is 6.03. The molecule has 3 saturated heterocycles. The highest BCUT2D eigenvalue weighted by molar-refractivity contribution is 5.80. The van der Waals surface area contributed by atoms with Crippen LogP contribution in [0, 0.1) is 5.41 Å². The van der Waals surface area contributed by atoms with E-state index in [4.69, 9.17) is 14.2 Å². The van der Waals surface area contributed by atoms with Gasteiger partial charge in [0, 0.05) is 65.0 Å². The first-order chi connectivity index (χ1) is 13.8. The fourth-order valence-electron chi connectivity index (χ4n) is 4.43. The number of nitrogens with one attached hydrogen (secondary N) is 1. The Bertz CT molecular complexity index is 669. The number of aliphatic imine (C=N–C) groups is 1. The van der Waals surface area contributed by atoms with Crippen molar-refractivity contribution in [2.45, 2.75) is 44.8 Å².